The molecule has 2 fully saturated rings. The molecular weight excluding hydrogens is 636 g/mol. The minimum absolute atomic E-state index is 0.0805. The van der Waals surface area contributed by atoms with E-state index in [9.17, 15) is 24.4 Å². The van der Waals surface area contributed by atoms with Gasteiger partial charge >= 0.3 is 13.5 Å². The number of rotatable bonds is 7. The van der Waals surface area contributed by atoms with E-state index >= 15 is 0 Å². The van der Waals surface area contributed by atoms with Gasteiger partial charge in [0.1, 0.15) is 23.6 Å². The average Bonchev–Trinajstić information content (AvgIpc) is 3.15. The Morgan fingerprint density at radius 1 is 1.19 bits per heavy atom. The molecule has 1 unspecified atom stereocenters. The summed E-state index contributed by atoms with van der Waals surface area (Å²) in [6.07, 6.45) is -3.17. The van der Waals surface area contributed by atoms with Crippen LogP contribution in [-0.4, -0.2) is 56.7 Å². The van der Waals surface area contributed by atoms with Crippen molar-refractivity contribution >= 4 is 54.4 Å². The Labute approximate surface area is 254 Å². The molecule has 1 amide bonds. The number of amides is 1. The van der Waals surface area contributed by atoms with Crippen LogP contribution >= 0.6 is 42.6 Å². The number of ether oxygens (including phenoxy) is 1. The third kappa shape index (κ3) is 6.74. The Kier molecular flexibility index (Phi) is 9.13. The first-order valence-electron chi connectivity index (χ1n) is 12.6. The van der Waals surface area contributed by atoms with Crippen LogP contribution in [0, 0.1) is 0 Å². The maximum absolute atomic E-state index is 13.2. The van der Waals surface area contributed by atoms with Gasteiger partial charge in [-0.1, -0.05) is 46.9 Å². The van der Waals surface area contributed by atoms with Gasteiger partial charge in [0.05, 0.1) is 19.3 Å². The van der Waals surface area contributed by atoms with Crippen LogP contribution in [0.5, 0.6) is 0 Å². The molecule has 2 saturated heterocycles. The SMILES string of the molecule is C[C@@]1(O)[C@H](O)[C@@H](COP2(=O)OCC[C@@H](c3cccc(Cl)c3)O2)O[C@H]1n1ccc(NC(=O)c2cc(Cl)cc(Cl)c2)nc1=O. The highest BCUT2D eigenvalue weighted by molar-refractivity contribution is 7.48. The molecule has 2 aliphatic rings. The van der Waals surface area contributed by atoms with Gasteiger partial charge in [-0.3, -0.25) is 22.9 Å². The summed E-state index contributed by atoms with van der Waals surface area (Å²) < 4.78 is 36.2. The lowest BCUT2D eigenvalue weighted by Gasteiger charge is -2.30. The molecule has 3 heterocycles. The van der Waals surface area contributed by atoms with E-state index in [4.69, 9.17) is 53.1 Å². The fraction of sp³-hybridized carbons (Fsp3) is 0.346. The van der Waals surface area contributed by atoms with E-state index < -0.39 is 56.2 Å². The van der Waals surface area contributed by atoms with Gasteiger partial charge in [0.25, 0.3) is 5.91 Å². The highest BCUT2D eigenvalue weighted by atomic mass is 35.5. The minimum atomic E-state index is -4.08. The molecule has 16 heteroatoms. The van der Waals surface area contributed by atoms with E-state index in [1.165, 1.54) is 37.4 Å². The van der Waals surface area contributed by atoms with Crippen molar-refractivity contribution in [1.82, 2.24) is 9.55 Å². The summed E-state index contributed by atoms with van der Waals surface area (Å²) in [5.41, 5.74) is -2.05. The second kappa shape index (κ2) is 12.3. The number of hydrogen-bond acceptors (Lipinski definition) is 10. The Hall–Kier alpha value is -2.35. The highest BCUT2D eigenvalue weighted by Gasteiger charge is 2.54. The Balaban J connectivity index is 1.26. The number of nitrogens with zero attached hydrogens (tertiary/aromatic N) is 2. The molecule has 2 aromatic carbocycles. The number of carbonyl (C=O) groups is 1. The lowest BCUT2D eigenvalue weighted by atomic mass is 9.96. The van der Waals surface area contributed by atoms with Crippen molar-refractivity contribution in [3.8, 4) is 0 Å². The molecule has 0 spiro atoms. The summed E-state index contributed by atoms with van der Waals surface area (Å²) in [6, 6.07) is 12.4. The lowest BCUT2D eigenvalue weighted by molar-refractivity contribution is -0.0989. The van der Waals surface area contributed by atoms with Crippen LogP contribution in [0.4, 0.5) is 5.82 Å². The number of nitrogens with one attached hydrogen (secondary N) is 1. The Morgan fingerprint density at radius 3 is 2.62 bits per heavy atom. The number of aliphatic hydroxyl groups is 2. The van der Waals surface area contributed by atoms with Gasteiger partial charge in [-0.25, -0.2) is 9.36 Å². The number of phosphoric ester groups is 1. The smallest absolute Gasteiger partial charge is 0.387 e. The normalized spacial score (nSPS) is 29.4. The Morgan fingerprint density at radius 2 is 1.93 bits per heavy atom. The van der Waals surface area contributed by atoms with Crippen LogP contribution in [-0.2, 0) is 22.9 Å². The molecule has 0 radical (unpaired) electrons. The van der Waals surface area contributed by atoms with E-state index in [0.29, 0.717) is 17.0 Å². The van der Waals surface area contributed by atoms with Crippen molar-refractivity contribution in [2.75, 3.05) is 18.5 Å². The predicted molar refractivity (Wildman–Crippen MR) is 153 cm³/mol. The largest absolute Gasteiger partial charge is 0.475 e. The molecule has 0 saturated carbocycles. The molecule has 6 atom stereocenters. The number of hydrogen-bond donors (Lipinski definition) is 3. The average molecular weight is 661 g/mol. The summed E-state index contributed by atoms with van der Waals surface area (Å²) in [5, 5.41) is 25.3. The van der Waals surface area contributed by atoms with E-state index in [-0.39, 0.29) is 28.0 Å². The third-order valence-corrected chi connectivity index (χ3v) is 8.86. The summed E-state index contributed by atoms with van der Waals surface area (Å²) in [6.45, 7) is 0.849. The predicted octanol–water partition coefficient (Wildman–Crippen LogP) is 4.77. The van der Waals surface area contributed by atoms with Crippen LogP contribution in [0.2, 0.25) is 15.1 Å². The number of aromatic nitrogens is 2. The molecule has 2 aliphatic heterocycles. The van der Waals surface area contributed by atoms with E-state index in [1.807, 2.05) is 0 Å². The van der Waals surface area contributed by atoms with Gasteiger partial charge < -0.3 is 20.3 Å². The zero-order valence-corrected chi connectivity index (χ0v) is 25.0. The zero-order chi connectivity index (χ0) is 30.2. The number of aliphatic hydroxyl groups excluding tert-OH is 1. The topological polar surface area (TPSA) is 158 Å². The van der Waals surface area contributed by atoms with Gasteiger partial charge in [0, 0.05) is 33.2 Å². The number of phosphoric acid groups is 1. The summed E-state index contributed by atoms with van der Waals surface area (Å²) >= 11 is 17.9. The molecule has 224 valence electrons. The Bertz CT molecular complexity index is 1580. The zero-order valence-electron chi connectivity index (χ0n) is 21.9. The van der Waals surface area contributed by atoms with Gasteiger partial charge in [-0.05, 0) is 48.9 Å². The fourth-order valence-corrected chi connectivity index (χ4v) is 6.71. The highest BCUT2D eigenvalue weighted by Crippen LogP contribution is 2.57. The minimum Gasteiger partial charge on any atom is -0.387 e. The third-order valence-electron chi connectivity index (χ3n) is 6.71. The van der Waals surface area contributed by atoms with Gasteiger partial charge in [0.15, 0.2) is 6.23 Å². The van der Waals surface area contributed by atoms with Crippen LogP contribution < -0.4 is 11.0 Å². The molecule has 0 bridgehead atoms. The van der Waals surface area contributed by atoms with Crippen molar-refractivity contribution < 1.29 is 37.9 Å². The quantitative estimate of drug-likeness (QED) is 0.302. The van der Waals surface area contributed by atoms with Crippen LogP contribution in [0.1, 0.15) is 41.6 Å². The summed E-state index contributed by atoms with van der Waals surface area (Å²) in [7, 11) is -4.08. The van der Waals surface area contributed by atoms with Crippen molar-refractivity contribution in [1.29, 1.82) is 0 Å². The first-order chi connectivity index (χ1) is 19.8. The summed E-state index contributed by atoms with van der Waals surface area (Å²) in [5.74, 6) is -0.699. The second-order valence-electron chi connectivity index (χ2n) is 9.83. The molecule has 0 aliphatic carbocycles. The fourth-order valence-electron chi connectivity index (χ4n) is 4.59. The van der Waals surface area contributed by atoms with Crippen LogP contribution in [0.3, 0.4) is 0 Å². The van der Waals surface area contributed by atoms with Crippen molar-refractivity contribution in [2.24, 2.45) is 0 Å². The van der Waals surface area contributed by atoms with E-state index in [1.54, 1.807) is 24.3 Å². The van der Waals surface area contributed by atoms with Crippen molar-refractivity contribution in [2.45, 2.75) is 43.5 Å². The first-order valence-corrected chi connectivity index (χ1v) is 15.2. The van der Waals surface area contributed by atoms with Gasteiger partial charge in [0.2, 0.25) is 0 Å². The van der Waals surface area contributed by atoms with E-state index in [2.05, 4.69) is 10.3 Å². The monoisotopic (exact) mass is 659 g/mol. The van der Waals surface area contributed by atoms with Crippen LogP contribution in [0.15, 0.2) is 59.5 Å². The van der Waals surface area contributed by atoms with Gasteiger partial charge in [-0.2, -0.15) is 4.98 Å². The lowest BCUT2D eigenvalue weighted by Crippen LogP contribution is -2.46. The maximum Gasteiger partial charge on any atom is 0.475 e. The number of carbonyl (C=O) groups excluding carboxylic acids is 1. The maximum atomic E-state index is 13.2. The molecule has 12 nitrogen and oxygen atoms in total. The molecule has 5 rings (SSSR count). The molecular formula is C26H25Cl3N3O9P. The molecule has 1 aromatic heterocycles. The standard InChI is InChI=1S/C26H25Cl3N3O9P/c1-26(36)22(33)20(13-39-42(37)38-8-6-19(41-42)14-3-2-4-16(27)9-14)40-24(26)32-7-5-21(31-25(32)35)30-23(34)15-10-17(28)12-18(29)11-15/h2-5,7,9-12,19-20,22,24,33,36H,6,8,13H2,1H3,(H,30,31,34,35)/t19-,20+,22+,24+,26+,42?/m0/s1. The number of anilines is 1. The second-order valence-corrected chi connectivity index (χ2v) is 12.8. The molecule has 42 heavy (non-hydrogen) atoms. The van der Waals surface area contributed by atoms with Crippen molar-refractivity contribution in [3.63, 3.8) is 0 Å². The summed E-state index contributed by atoms with van der Waals surface area (Å²) in [4.78, 5) is 29.3. The van der Waals surface area contributed by atoms with E-state index in [0.717, 1.165) is 4.57 Å². The number of halogens is 3. The molecule has 3 N–H and O–H groups in total. The first kappa shape index (κ1) is 31.1. The van der Waals surface area contributed by atoms with Crippen LogP contribution in [0.25, 0.3) is 0 Å². The molecule has 3 aromatic rings. The van der Waals surface area contributed by atoms with Gasteiger partial charge in [-0.15, -0.1) is 0 Å². The number of benzene rings is 2. The van der Waals surface area contributed by atoms with Crippen molar-refractivity contribution in [3.05, 3.63) is 91.4 Å².